The minimum atomic E-state index is 0.762. The number of anilines is 1. The quantitative estimate of drug-likeness (QED) is 0.787. The molecular weight excluding hydrogens is 250 g/mol. The van der Waals surface area contributed by atoms with Gasteiger partial charge in [-0.1, -0.05) is 19.1 Å². The minimum absolute atomic E-state index is 0.762. The van der Waals surface area contributed by atoms with Gasteiger partial charge in [-0.15, -0.1) is 0 Å². The van der Waals surface area contributed by atoms with Crippen LogP contribution in [0.2, 0.25) is 0 Å². The van der Waals surface area contributed by atoms with Gasteiger partial charge in [0.1, 0.15) is 0 Å². The topological polar surface area (TPSA) is 39.1 Å². The van der Waals surface area contributed by atoms with Crippen LogP contribution in [0.25, 0.3) is 5.69 Å². The van der Waals surface area contributed by atoms with Crippen LogP contribution in [-0.4, -0.2) is 29.8 Å². The SMILES string of the molecule is CCc1cccc(-n2cc(C)nc2NCCCOC)c1. The molecule has 0 spiro atoms. The van der Waals surface area contributed by atoms with E-state index in [0.29, 0.717) is 0 Å². The number of aryl methyl sites for hydroxylation is 2. The van der Waals surface area contributed by atoms with Gasteiger partial charge < -0.3 is 10.1 Å². The van der Waals surface area contributed by atoms with Crippen LogP contribution in [0.1, 0.15) is 24.6 Å². The Hall–Kier alpha value is -1.81. The highest BCUT2D eigenvalue weighted by atomic mass is 16.5. The molecule has 4 heteroatoms. The molecule has 0 atom stereocenters. The summed E-state index contributed by atoms with van der Waals surface area (Å²) in [7, 11) is 1.72. The molecule has 1 aromatic carbocycles. The molecule has 0 aliphatic heterocycles. The van der Waals surface area contributed by atoms with Gasteiger partial charge in [0.25, 0.3) is 0 Å². The second-order valence-electron chi connectivity index (χ2n) is 4.87. The Kier molecular flexibility index (Phi) is 5.18. The van der Waals surface area contributed by atoms with E-state index in [2.05, 4.69) is 52.3 Å². The third-order valence-corrected chi connectivity index (χ3v) is 3.23. The number of nitrogens with one attached hydrogen (secondary N) is 1. The van der Waals surface area contributed by atoms with Crippen molar-refractivity contribution in [3.63, 3.8) is 0 Å². The molecule has 1 heterocycles. The Morgan fingerprint density at radius 2 is 2.20 bits per heavy atom. The van der Waals surface area contributed by atoms with Crippen LogP contribution in [0, 0.1) is 6.92 Å². The zero-order valence-corrected chi connectivity index (χ0v) is 12.5. The van der Waals surface area contributed by atoms with Gasteiger partial charge in [-0.25, -0.2) is 4.98 Å². The van der Waals surface area contributed by atoms with Crippen molar-refractivity contribution >= 4 is 5.95 Å². The number of aromatic nitrogens is 2. The Balaban J connectivity index is 2.17. The first-order valence-corrected chi connectivity index (χ1v) is 7.12. The van der Waals surface area contributed by atoms with Gasteiger partial charge in [-0.05, 0) is 37.5 Å². The summed E-state index contributed by atoms with van der Waals surface area (Å²) in [6.07, 6.45) is 4.07. The first-order valence-electron chi connectivity index (χ1n) is 7.12. The largest absolute Gasteiger partial charge is 0.385 e. The summed E-state index contributed by atoms with van der Waals surface area (Å²) in [5.74, 6) is 0.895. The van der Waals surface area contributed by atoms with E-state index in [-0.39, 0.29) is 0 Å². The fourth-order valence-corrected chi connectivity index (χ4v) is 2.16. The third-order valence-electron chi connectivity index (χ3n) is 3.23. The molecule has 0 aliphatic rings. The lowest BCUT2D eigenvalue weighted by molar-refractivity contribution is 0.197. The van der Waals surface area contributed by atoms with Gasteiger partial charge in [0, 0.05) is 32.1 Å². The van der Waals surface area contributed by atoms with Crippen molar-refractivity contribution in [2.45, 2.75) is 26.7 Å². The van der Waals surface area contributed by atoms with Crippen LogP contribution >= 0.6 is 0 Å². The molecule has 0 saturated carbocycles. The number of rotatable bonds is 7. The van der Waals surface area contributed by atoms with Crippen molar-refractivity contribution in [1.82, 2.24) is 9.55 Å². The van der Waals surface area contributed by atoms with E-state index in [0.717, 1.165) is 43.3 Å². The van der Waals surface area contributed by atoms with Crippen LogP contribution in [0.3, 0.4) is 0 Å². The van der Waals surface area contributed by atoms with Crippen molar-refractivity contribution < 1.29 is 4.74 Å². The first kappa shape index (κ1) is 14.6. The zero-order chi connectivity index (χ0) is 14.4. The maximum absolute atomic E-state index is 5.06. The lowest BCUT2D eigenvalue weighted by Crippen LogP contribution is -2.09. The van der Waals surface area contributed by atoms with Crippen molar-refractivity contribution in [3.8, 4) is 5.69 Å². The van der Waals surface area contributed by atoms with Gasteiger partial charge in [-0.3, -0.25) is 4.57 Å². The molecule has 1 aromatic heterocycles. The maximum Gasteiger partial charge on any atom is 0.207 e. The molecule has 0 radical (unpaired) electrons. The number of nitrogens with zero attached hydrogens (tertiary/aromatic N) is 2. The van der Waals surface area contributed by atoms with Gasteiger partial charge in [0.15, 0.2) is 0 Å². The van der Waals surface area contributed by atoms with Crippen molar-refractivity contribution in [1.29, 1.82) is 0 Å². The third kappa shape index (κ3) is 3.61. The number of benzene rings is 1. The molecule has 0 amide bonds. The van der Waals surface area contributed by atoms with E-state index >= 15 is 0 Å². The average Bonchev–Trinajstić information content (AvgIpc) is 2.85. The minimum Gasteiger partial charge on any atom is -0.385 e. The van der Waals surface area contributed by atoms with Gasteiger partial charge >= 0.3 is 0 Å². The predicted octanol–water partition coefficient (Wildman–Crippen LogP) is 3.19. The van der Waals surface area contributed by atoms with Gasteiger partial charge in [0.05, 0.1) is 5.69 Å². The van der Waals surface area contributed by atoms with E-state index < -0.39 is 0 Å². The number of hydrogen-bond donors (Lipinski definition) is 1. The average molecular weight is 273 g/mol. The number of hydrogen-bond acceptors (Lipinski definition) is 3. The van der Waals surface area contributed by atoms with Crippen LogP contribution in [0.4, 0.5) is 5.95 Å². The summed E-state index contributed by atoms with van der Waals surface area (Å²) in [5, 5.41) is 3.38. The van der Waals surface area contributed by atoms with Crippen molar-refractivity contribution in [2.24, 2.45) is 0 Å². The summed E-state index contributed by atoms with van der Waals surface area (Å²) in [4.78, 5) is 4.55. The zero-order valence-electron chi connectivity index (χ0n) is 12.5. The Morgan fingerprint density at radius 1 is 1.35 bits per heavy atom. The lowest BCUT2D eigenvalue weighted by atomic mass is 10.1. The predicted molar refractivity (Wildman–Crippen MR) is 82.7 cm³/mol. The second kappa shape index (κ2) is 7.10. The monoisotopic (exact) mass is 273 g/mol. The molecular formula is C16H23N3O. The summed E-state index contributed by atoms with van der Waals surface area (Å²) in [6.45, 7) is 5.80. The van der Waals surface area contributed by atoms with E-state index in [4.69, 9.17) is 4.74 Å². The molecule has 2 aromatic rings. The molecule has 108 valence electrons. The highest BCUT2D eigenvalue weighted by molar-refractivity contribution is 5.44. The van der Waals surface area contributed by atoms with Gasteiger partial charge in [0.2, 0.25) is 5.95 Å². The highest BCUT2D eigenvalue weighted by Gasteiger charge is 2.07. The van der Waals surface area contributed by atoms with E-state index in [1.165, 1.54) is 5.56 Å². The fourth-order valence-electron chi connectivity index (χ4n) is 2.16. The molecule has 20 heavy (non-hydrogen) atoms. The summed E-state index contributed by atoms with van der Waals surface area (Å²) in [6, 6.07) is 8.57. The smallest absolute Gasteiger partial charge is 0.207 e. The van der Waals surface area contributed by atoms with Gasteiger partial charge in [-0.2, -0.15) is 0 Å². The second-order valence-corrected chi connectivity index (χ2v) is 4.87. The normalized spacial score (nSPS) is 10.8. The molecule has 1 N–H and O–H groups in total. The number of imidazole rings is 1. The fraction of sp³-hybridized carbons (Fsp3) is 0.438. The summed E-state index contributed by atoms with van der Waals surface area (Å²) >= 11 is 0. The molecule has 0 saturated heterocycles. The van der Waals surface area contributed by atoms with E-state index in [1.807, 2.05) is 6.92 Å². The Bertz CT molecular complexity index is 548. The van der Waals surface area contributed by atoms with E-state index in [9.17, 15) is 0 Å². The molecule has 0 bridgehead atoms. The number of methoxy groups -OCH3 is 1. The van der Waals surface area contributed by atoms with Crippen LogP contribution in [0.5, 0.6) is 0 Å². The summed E-state index contributed by atoms with van der Waals surface area (Å²) in [5.41, 5.74) is 3.50. The van der Waals surface area contributed by atoms with E-state index in [1.54, 1.807) is 7.11 Å². The standard InChI is InChI=1S/C16H23N3O/c1-4-14-7-5-8-15(11-14)19-12-13(2)18-16(19)17-9-6-10-20-3/h5,7-8,11-12H,4,6,9-10H2,1-3H3,(H,17,18). The Labute approximate surface area is 120 Å². The molecule has 2 rings (SSSR count). The number of ether oxygens (including phenoxy) is 1. The van der Waals surface area contributed by atoms with Crippen LogP contribution in [-0.2, 0) is 11.2 Å². The highest BCUT2D eigenvalue weighted by Crippen LogP contribution is 2.18. The van der Waals surface area contributed by atoms with Crippen molar-refractivity contribution in [3.05, 3.63) is 41.7 Å². The molecule has 0 fully saturated rings. The lowest BCUT2D eigenvalue weighted by Gasteiger charge is -2.10. The van der Waals surface area contributed by atoms with Crippen LogP contribution < -0.4 is 5.32 Å². The molecule has 4 nitrogen and oxygen atoms in total. The summed E-state index contributed by atoms with van der Waals surface area (Å²) < 4.78 is 7.18. The molecule has 0 aliphatic carbocycles. The maximum atomic E-state index is 5.06. The Morgan fingerprint density at radius 3 is 2.95 bits per heavy atom. The van der Waals surface area contributed by atoms with Crippen LogP contribution in [0.15, 0.2) is 30.5 Å². The molecule has 0 unspecified atom stereocenters. The first-order chi connectivity index (χ1) is 9.74. The van der Waals surface area contributed by atoms with Crippen molar-refractivity contribution in [2.75, 3.05) is 25.6 Å².